The Morgan fingerprint density at radius 1 is 0.944 bits per heavy atom. The topological polar surface area (TPSA) is 71.3 Å². The molecule has 0 aromatic heterocycles. The fourth-order valence-electron chi connectivity index (χ4n) is 3.63. The number of benzene rings is 4. The summed E-state index contributed by atoms with van der Waals surface area (Å²) in [5, 5.41) is 15.3. The lowest BCUT2D eigenvalue weighted by Gasteiger charge is -2.13. The molecule has 0 unspecified atom stereocenters. The van der Waals surface area contributed by atoms with E-state index in [1.165, 1.54) is 6.08 Å². The third kappa shape index (κ3) is 5.98. The van der Waals surface area contributed by atoms with E-state index >= 15 is 0 Å². The molecule has 4 rings (SSSR count). The molecule has 1 N–H and O–H groups in total. The van der Waals surface area contributed by atoms with Gasteiger partial charge in [-0.3, -0.25) is 4.79 Å². The Balaban J connectivity index is 1.54. The number of anilines is 1. The molecule has 0 saturated heterocycles. The minimum Gasteiger partial charge on any atom is -0.490 e. The number of halogens is 2. The third-order valence-electron chi connectivity index (χ3n) is 5.36. The van der Waals surface area contributed by atoms with Gasteiger partial charge in [0, 0.05) is 11.1 Å². The number of carbonyl (C=O) groups excluding carboxylic acids is 1. The lowest BCUT2D eigenvalue weighted by atomic mass is 10.1. The van der Waals surface area contributed by atoms with Gasteiger partial charge in [-0.25, -0.2) is 0 Å². The van der Waals surface area contributed by atoms with Crippen LogP contribution in [0.1, 0.15) is 18.1 Å². The third-order valence-corrected chi connectivity index (χ3v) is 6.10. The van der Waals surface area contributed by atoms with Gasteiger partial charge in [-0.05, 0) is 59.8 Å². The number of carbonyl (C=O) groups is 1. The van der Waals surface area contributed by atoms with Gasteiger partial charge in [0.05, 0.1) is 16.7 Å². The number of ether oxygens (including phenoxy) is 2. The van der Waals surface area contributed by atoms with Gasteiger partial charge in [0.1, 0.15) is 18.2 Å². The van der Waals surface area contributed by atoms with E-state index in [2.05, 4.69) is 5.32 Å². The van der Waals surface area contributed by atoms with Crippen LogP contribution < -0.4 is 14.8 Å². The number of hydrogen-bond acceptors (Lipinski definition) is 4. The summed E-state index contributed by atoms with van der Waals surface area (Å²) in [5.41, 5.74) is 2.09. The maximum Gasteiger partial charge on any atom is 0.266 e. The summed E-state index contributed by atoms with van der Waals surface area (Å²) in [6, 6.07) is 25.9. The molecule has 4 aromatic rings. The van der Waals surface area contributed by atoms with Crippen LogP contribution in [0.25, 0.3) is 16.8 Å². The Morgan fingerprint density at radius 3 is 2.53 bits per heavy atom. The molecule has 0 aliphatic rings. The van der Waals surface area contributed by atoms with Gasteiger partial charge in [0.25, 0.3) is 5.91 Å². The number of nitriles is 1. The van der Waals surface area contributed by atoms with Crippen LogP contribution in [0.3, 0.4) is 0 Å². The quantitative estimate of drug-likeness (QED) is 0.192. The Hall–Kier alpha value is -3.98. The molecular weight excluding hydrogens is 495 g/mol. The maximum absolute atomic E-state index is 12.9. The average Bonchev–Trinajstić information content (AvgIpc) is 2.89. The molecule has 0 heterocycles. The lowest BCUT2D eigenvalue weighted by molar-refractivity contribution is -0.112. The highest BCUT2D eigenvalue weighted by molar-refractivity contribution is 6.42. The first kappa shape index (κ1) is 25.1. The first-order chi connectivity index (χ1) is 17.5. The van der Waals surface area contributed by atoms with E-state index in [1.807, 2.05) is 61.5 Å². The fraction of sp³-hybridized carbons (Fsp3) is 0.103. The molecule has 0 atom stereocenters. The van der Waals surface area contributed by atoms with E-state index in [0.717, 1.165) is 16.3 Å². The summed E-state index contributed by atoms with van der Waals surface area (Å²) in [4.78, 5) is 12.9. The van der Waals surface area contributed by atoms with Gasteiger partial charge >= 0.3 is 0 Å². The molecular formula is C29H22Cl2N2O3. The smallest absolute Gasteiger partial charge is 0.266 e. The van der Waals surface area contributed by atoms with Crippen LogP contribution in [0, 0.1) is 11.3 Å². The fourth-order valence-corrected chi connectivity index (χ4v) is 3.95. The molecule has 36 heavy (non-hydrogen) atoms. The molecule has 0 saturated carbocycles. The minimum absolute atomic E-state index is 0.0325. The predicted molar refractivity (Wildman–Crippen MR) is 145 cm³/mol. The van der Waals surface area contributed by atoms with E-state index in [0.29, 0.717) is 39.4 Å². The molecule has 1 amide bonds. The molecule has 5 nitrogen and oxygen atoms in total. The largest absolute Gasteiger partial charge is 0.490 e. The van der Waals surface area contributed by atoms with E-state index in [-0.39, 0.29) is 12.2 Å². The lowest BCUT2D eigenvalue weighted by Crippen LogP contribution is -2.13. The summed E-state index contributed by atoms with van der Waals surface area (Å²) in [5.74, 6) is 0.531. The van der Waals surface area contributed by atoms with Crippen molar-refractivity contribution in [1.82, 2.24) is 0 Å². The van der Waals surface area contributed by atoms with Gasteiger partial charge in [-0.2, -0.15) is 5.26 Å². The van der Waals surface area contributed by atoms with Crippen molar-refractivity contribution in [2.45, 2.75) is 13.5 Å². The van der Waals surface area contributed by atoms with E-state index < -0.39 is 5.91 Å². The highest BCUT2D eigenvalue weighted by atomic mass is 35.5. The van der Waals surface area contributed by atoms with Crippen molar-refractivity contribution in [2.75, 3.05) is 11.9 Å². The van der Waals surface area contributed by atoms with Gasteiger partial charge in [-0.1, -0.05) is 71.7 Å². The molecule has 180 valence electrons. The molecule has 0 spiro atoms. The zero-order valence-corrected chi connectivity index (χ0v) is 20.9. The Morgan fingerprint density at radius 2 is 1.75 bits per heavy atom. The number of rotatable bonds is 8. The number of amides is 1. The Kier molecular flexibility index (Phi) is 8.12. The summed E-state index contributed by atoms with van der Waals surface area (Å²) in [6.45, 7) is 2.55. The van der Waals surface area contributed by atoms with Crippen LogP contribution in [-0.4, -0.2) is 12.5 Å². The van der Waals surface area contributed by atoms with Crippen molar-refractivity contribution in [2.24, 2.45) is 0 Å². The summed E-state index contributed by atoms with van der Waals surface area (Å²) < 4.78 is 11.7. The van der Waals surface area contributed by atoms with Crippen molar-refractivity contribution >= 4 is 51.6 Å². The maximum atomic E-state index is 12.9. The summed E-state index contributed by atoms with van der Waals surface area (Å²) >= 11 is 12.1. The zero-order chi connectivity index (χ0) is 25.5. The first-order valence-electron chi connectivity index (χ1n) is 11.2. The second kappa shape index (κ2) is 11.6. The zero-order valence-electron chi connectivity index (χ0n) is 19.4. The standard InChI is InChI=1S/C29H22Cl2N2O3/c1-2-35-28-16-19(11-13-27(28)36-18-20-10-12-24(30)25(31)15-20)14-22(17-32)29(34)33-26-9-5-7-21-6-3-4-8-23(21)26/h3-16H,2,18H2,1H3,(H,33,34)/b22-14+. The number of nitrogens with one attached hydrogen (secondary N) is 1. The van der Waals surface area contributed by atoms with Crippen LogP contribution >= 0.6 is 23.2 Å². The van der Waals surface area contributed by atoms with Crippen LogP contribution in [0.2, 0.25) is 10.0 Å². The van der Waals surface area contributed by atoms with Crippen molar-refractivity contribution in [3.8, 4) is 17.6 Å². The van der Waals surface area contributed by atoms with Gasteiger partial charge in [-0.15, -0.1) is 0 Å². The Labute approximate surface area is 219 Å². The minimum atomic E-state index is -0.494. The Bertz CT molecular complexity index is 1490. The second-order valence-electron chi connectivity index (χ2n) is 7.83. The number of fused-ring (bicyclic) bond motifs is 1. The van der Waals surface area contributed by atoms with Crippen molar-refractivity contribution in [1.29, 1.82) is 5.26 Å². The molecule has 7 heteroatoms. The van der Waals surface area contributed by atoms with Crippen molar-refractivity contribution in [3.63, 3.8) is 0 Å². The molecule has 0 aliphatic carbocycles. The van der Waals surface area contributed by atoms with E-state index in [4.69, 9.17) is 32.7 Å². The monoisotopic (exact) mass is 516 g/mol. The molecule has 0 aliphatic heterocycles. The number of nitrogens with zero attached hydrogens (tertiary/aromatic N) is 1. The van der Waals surface area contributed by atoms with E-state index in [9.17, 15) is 10.1 Å². The SMILES string of the molecule is CCOc1cc(/C=C(\C#N)C(=O)Nc2cccc3ccccc23)ccc1OCc1ccc(Cl)c(Cl)c1. The van der Waals surface area contributed by atoms with Gasteiger partial charge in [0.15, 0.2) is 11.5 Å². The normalized spacial score (nSPS) is 11.1. The average molecular weight is 517 g/mol. The second-order valence-corrected chi connectivity index (χ2v) is 8.64. The van der Waals surface area contributed by atoms with Gasteiger partial charge < -0.3 is 14.8 Å². The first-order valence-corrected chi connectivity index (χ1v) is 12.0. The summed E-state index contributed by atoms with van der Waals surface area (Å²) in [6.07, 6.45) is 1.52. The molecule has 4 aromatic carbocycles. The molecule has 0 fully saturated rings. The van der Waals surface area contributed by atoms with E-state index in [1.54, 1.807) is 30.3 Å². The van der Waals surface area contributed by atoms with Gasteiger partial charge in [0.2, 0.25) is 0 Å². The summed E-state index contributed by atoms with van der Waals surface area (Å²) in [7, 11) is 0. The molecule has 0 bridgehead atoms. The van der Waals surface area contributed by atoms with Crippen LogP contribution in [0.15, 0.2) is 84.4 Å². The highest BCUT2D eigenvalue weighted by Crippen LogP contribution is 2.31. The number of hydrogen-bond donors (Lipinski definition) is 1. The van der Waals surface area contributed by atoms with Crippen LogP contribution in [0.4, 0.5) is 5.69 Å². The highest BCUT2D eigenvalue weighted by Gasteiger charge is 2.13. The van der Waals surface area contributed by atoms with Crippen LogP contribution in [-0.2, 0) is 11.4 Å². The van der Waals surface area contributed by atoms with Crippen molar-refractivity contribution in [3.05, 3.63) is 106 Å². The predicted octanol–water partition coefficient (Wildman–Crippen LogP) is 7.67. The van der Waals surface area contributed by atoms with Crippen LogP contribution in [0.5, 0.6) is 11.5 Å². The van der Waals surface area contributed by atoms with Crippen molar-refractivity contribution < 1.29 is 14.3 Å². The molecule has 0 radical (unpaired) electrons.